The van der Waals surface area contributed by atoms with Crippen molar-refractivity contribution in [3.63, 3.8) is 0 Å². The number of aryl methyl sites for hydroxylation is 1. The van der Waals surface area contributed by atoms with Gasteiger partial charge in [0, 0.05) is 56.7 Å². The van der Waals surface area contributed by atoms with E-state index in [1.807, 2.05) is 0 Å². The molecule has 3 saturated heterocycles. The van der Waals surface area contributed by atoms with Crippen molar-refractivity contribution in [3.8, 4) is 0 Å². The lowest BCUT2D eigenvalue weighted by atomic mass is 9.74. The van der Waals surface area contributed by atoms with E-state index in [-0.39, 0.29) is 0 Å². The van der Waals surface area contributed by atoms with Crippen LogP contribution in [-0.2, 0) is 17.6 Å². The number of fused-ring (bicyclic) bond motifs is 4. The quantitative estimate of drug-likeness (QED) is 0.767. The van der Waals surface area contributed by atoms with E-state index >= 15 is 0 Å². The van der Waals surface area contributed by atoms with Crippen LogP contribution in [0.25, 0.3) is 0 Å². The Hall–Kier alpha value is -2.27. The van der Waals surface area contributed by atoms with E-state index in [2.05, 4.69) is 50.1 Å². The molecule has 5 nitrogen and oxygen atoms in total. The molecule has 0 saturated carbocycles. The molecule has 0 spiro atoms. The van der Waals surface area contributed by atoms with Crippen LogP contribution in [0.4, 0.5) is 0 Å². The first-order chi connectivity index (χ1) is 14.8. The van der Waals surface area contributed by atoms with Crippen molar-refractivity contribution in [2.45, 2.75) is 57.0 Å². The molecule has 2 aromatic rings. The topological polar surface area (TPSA) is 49.3 Å². The van der Waals surface area contributed by atoms with Gasteiger partial charge in [0.25, 0.3) is 0 Å². The molecule has 0 aliphatic carbocycles. The Balaban J connectivity index is 1.22. The molecule has 4 heterocycles. The van der Waals surface area contributed by atoms with Gasteiger partial charge in [-0.1, -0.05) is 36.8 Å². The second-order valence-corrected chi connectivity index (χ2v) is 9.40. The van der Waals surface area contributed by atoms with Gasteiger partial charge >= 0.3 is 0 Å². The van der Waals surface area contributed by atoms with E-state index < -0.39 is 0 Å². The van der Waals surface area contributed by atoms with Crippen molar-refractivity contribution in [1.29, 1.82) is 0 Å². The summed E-state index contributed by atoms with van der Waals surface area (Å²) in [5.41, 5.74) is 2.37. The van der Waals surface area contributed by atoms with Gasteiger partial charge in [-0.05, 0) is 49.5 Å². The first-order valence-corrected chi connectivity index (χ1v) is 11.6. The number of hydrogen-bond acceptors (Lipinski definition) is 4. The number of benzene rings is 1. The summed E-state index contributed by atoms with van der Waals surface area (Å²) in [5.74, 6) is 1.55. The zero-order valence-electron chi connectivity index (χ0n) is 17.7. The Morgan fingerprint density at radius 2 is 1.97 bits per heavy atom. The monoisotopic (exact) mass is 404 g/mol. The van der Waals surface area contributed by atoms with E-state index in [4.69, 9.17) is 0 Å². The predicted molar refractivity (Wildman–Crippen MR) is 117 cm³/mol. The molecule has 3 aliphatic heterocycles. The summed E-state index contributed by atoms with van der Waals surface area (Å²) in [6.45, 7) is 3.03. The average Bonchev–Trinajstić information content (AvgIpc) is 2.79. The van der Waals surface area contributed by atoms with Gasteiger partial charge in [0.15, 0.2) is 0 Å². The number of aromatic nitrogens is 2. The molecule has 0 radical (unpaired) electrons. The Morgan fingerprint density at radius 1 is 1.07 bits per heavy atom. The number of hydrogen-bond donors (Lipinski definition) is 0. The van der Waals surface area contributed by atoms with Crippen LogP contribution >= 0.6 is 0 Å². The summed E-state index contributed by atoms with van der Waals surface area (Å²) in [6.07, 6.45) is 12.8. The molecule has 5 rings (SSSR count). The SMILES string of the molecule is O=C(CCc1cnccn1)N1C[C@@H]2C[C@H](C1)[C@@H]1CCC[C@H](Cc3ccccc3)N1C2. The van der Waals surface area contributed by atoms with E-state index in [9.17, 15) is 4.79 Å². The van der Waals surface area contributed by atoms with Crippen LogP contribution in [0, 0.1) is 11.8 Å². The van der Waals surface area contributed by atoms with Crippen molar-refractivity contribution >= 4 is 5.91 Å². The largest absolute Gasteiger partial charge is 0.342 e. The maximum absolute atomic E-state index is 12.9. The maximum atomic E-state index is 12.9. The highest BCUT2D eigenvalue weighted by Crippen LogP contribution is 2.40. The molecule has 0 N–H and O–H groups in total. The van der Waals surface area contributed by atoms with Crippen molar-refractivity contribution in [2.24, 2.45) is 11.8 Å². The highest BCUT2D eigenvalue weighted by Gasteiger charge is 2.45. The lowest BCUT2D eigenvalue weighted by molar-refractivity contribution is -0.138. The molecule has 1 aromatic carbocycles. The lowest BCUT2D eigenvalue weighted by Crippen LogP contribution is -2.62. The molecule has 0 unspecified atom stereocenters. The summed E-state index contributed by atoms with van der Waals surface area (Å²) in [4.78, 5) is 26.3. The van der Waals surface area contributed by atoms with Gasteiger partial charge in [-0.15, -0.1) is 0 Å². The fraction of sp³-hybridized carbons (Fsp3) is 0.560. The highest BCUT2D eigenvalue weighted by molar-refractivity contribution is 5.76. The van der Waals surface area contributed by atoms with Crippen molar-refractivity contribution in [3.05, 3.63) is 60.2 Å². The first-order valence-electron chi connectivity index (χ1n) is 11.6. The van der Waals surface area contributed by atoms with E-state index in [0.29, 0.717) is 42.7 Å². The molecule has 2 bridgehead atoms. The van der Waals surface area contributed by atoms with E-state index in [0.717, 1.165) is 31.7 Å². The van der Waals surface area contributed by atoms with Gasteiger partial charge < -0.3 is 4.90 Å². The number of rotatable bonds is 5. The van der Waals surface area contributed by atoms with Crippen LogP contribution < -0.4 is 0 Å². The van der Waals surface area contributed by atoms with Gasteiger partial charge in [-0.2, -0.15) is 0 Å². The molecule has 30 heavy (non-hydrogen) atoms. The number of piperidine rings is 3. The number of carbonyl (C=O) groups excluding carboxylic acids is 1. The van der Waals surface area contributed by atoms with Crippen LogP contribution in [0.1, 0.15) is 43.4 Å². The Labute approximate surface area is 179 Å². The Kier molecular flexibility index (Phi) is 5.80. The molecule has 3 fully saturated rings. The molecule has 3 aliphatic rings. The average molecular weight is 405 g/mol. The third-order valence-corrected chi connectivity index (χ3v) is 7.39. The summed E-state index contributed by atoms with van der Waals surface area (Å²) >= 11 is 0. The summed E-state index contributed by atoms with van der Waals surface area (Å²) < 4.78 is 0. The van der Waals surface area contributed by atoms with E-state index in [1.165, 1.54) is 31.2 Å². The van der Waals surface area contributed by atoms with Crippen LogP contribution in [0.15, 0.2) is 48.9 Å². The Bertz CT molecular complexity index is 843. The lowest BCUT2D eigenvalue weighted by Gasteiger charge is -2.55. The highest BCUT2D eigenvalue weighted by atomic mass is 16.2. The summed E-state index contributed by atoms with van der Waals surface area (Å²) in [7, 11) is 0. The number of carbonyl (C=O) groups is 1. The molecule has 5 heteroatoms. The third kappa shape index (κ3) is 4.27. The van der Waals surface area contributed by atoms with Gasteiger partial charge in [0.1, 0.15) is 0 Å². The second-order valence-electron chi connectivity index (χ2n) is 9.40. The van der Waals surface area contributed by atoms with Crippen molar-refractivity contribution < 1.29 is 4.79 Å². The zero-order chi connectivity index (χ0) is 20.3. The molecule has 1 amide bonds. The fourth-order valence-corrected chi connectivity index (χ4v) is 6.07. The second kappa shape index (κ2) is 8.84. The molecule has 4 atom stereocenters. The van der Waals surface area contributed by atoms with Gasteiger partial charge in [-0.3, -0.25) is 19.7 Å². The minimum Gasteiger partial charge on any atom is -0.342 e. The van der Waals surface area contributed by atoms with Crippen LogP contribution in [0.5, 0.6) is 0 Å². The number of nitrogens with zero attached hydrogens (tertiary/aromatic N) is 4. The molecule has 158 valence electrons. The zero-order valence-corrected chi connectivity index (χ0v) is 17.7. The van der Waals surface area contributed by atoms with Gasteiger partial charge in [0.2, 0.25) is 5.91 Å². The summed E-state index contributed by atoms with van der Waals surface area (Å²) in [6, 6.07) is 12.3. The number of amides is 1. The predicted octanol–water partition coefficient (Wildman–Crippen LogP) is 3.35. The number of likely N-dealkylation sites (tertiary alicyclic amines) is 1. The van der Waals surface area contributed by atoms with Crippen molar-refractivity contribution in [2.75, 3.05) is 19.6 Å². The summed E-state index contributed by atoms with van der Waals surface area (Å²) in [5, 5.41) is 0. The van der Waals surface area contributed by atoms with Crippen LogP contribution in [-0.4, -0.2) is 57.4 Å². The molecule has 1 aromatic heterocycles. The van der Waals surface area contributed by atoms with Gasteiger partial charge in [0.05, 0.1) is 5.69 Å². The minimum absolute atomic E-state index is 0.292. The first kappa shape index (κ1) is 19.7. The van der Waals surface area contributed by atoms with Gasteiger partial charge in [-0.25, -0.2) is 0 Å². The smallest absolute Gasteiger partial charge is 0.222 e. The molecular weight excluding hydrogens is 372 g/mol. The van der Waals surface area contributed by atoms with Crippen molar-refractivity contribution in [1.82, 2.24) is 19.8 Å². The van der Waals surface area contributed by atoms with Crippen LogP contribution in [0.3, 0.4) is 0 Å². The third-order valence-electron chi connectivity index (χ3n) is 7.39. The Morgan fingerprint density at radius 3 is 2.80 bits per heavy atom. The maximum Gasteiger partial charge on any atom is 0.222 e. The van der Waals surface area contributed by atoms with Crippen LogP contribution in [0.2, 0.25) is 0 Å². The van der Waals surface area contributed by atoms with E-state index in [1.54, 1.807) is 18.6 Å². The standard InChI is InChI=1S/C25H32N4O/c30-25(10-9-22-15-26-11-12-27-22)28-16-20-13-21(18-28)24-8-4-7-23(29(24)17-20)14-19-5-2-1-3-6-19/h1-3,5-6,11-12,15,20-21,23-24H,4,7-10,13-14,16-18H2/t20-,21+,23+,24-/m0/s1. The molecular formula is C25H32N4O. The fourth-order valence-electron chi connectivity index (χ4n) is 6.07. The normalized spacial score (nSPS) is 28.7. The minimum atomic E-state index is 0.292.